The van der Waals surface area contributed by atoms with Gasteiger partial charge >= 0.3 is 0 Å². The van der Waals surface area contributed by atoms with Crippen LogP contribution in [-0.2, 0) is 4.79 Å². The van der Waals surface area contributed by atoms with E-state index in [0.29, 0.717) is 18.0 Å². The lowest BCUT2D eigenvalue weighted by molar-refractivity contribution is -0.117. The highest BCUT2D eigenvalue weighted by Crippen LogP contribution is 2.34. The van der Waals surface area contributed by atoms with Crippen molar-refractivity contribution < 1.29 is 9.53 Å². The van der Waals surface area contributed by atoms with Gasteiger partial charge in [-0.2, -0.15) is 10.4 Å². The number of H-pyrrole nitrogens is 1. The lowest BCUT2D eigenvalue weighted by Gasteiger charge is -2.08. The summed E-state index contributed by atoms with van der Waals surface area (Å²) in [5, 5.41) is 17.8. The molecule has 1 aromatic heterocycles. The number of nitrogens with one attached hydrogen (secondary N) is 2. The van der Waals surface area contributed by atoms with E-state index in [-0.39, 0.29) is 11.8 Å². The van der Waals surface area contributed by atoms with Crippen molar-refractivity contribution in [3.63, 3.8) is 0 Å². The first-order valence-corrected chi connectivity index (χ1v) is 5.75. The number of benzene rings is 1. The van der Waals surface area contributed by atoms with Crippen LogP contribution in [0.15, 0.2) is 30.5 Å². The van der Waals surface area contributed by atoms with E-state index in [1.54, 1.807) is 0 Å². The van der Waals surface area contributed by atoms with Gasteiger partial charge in [0.15, 0.2) is 0 Å². The van der Waals surface area contributed by atoms with E-state index in [4.69, 9.17) is 10.00 Å². The maximum absolute atomic E-state index is 12.2. The Labute approximate surface area is 109 Å². The molecule has 1 aromatic carbocycles. The lowest BCUT2D eigenvalue weighted by Crippen LogP contribution is -2.22. The molecule has 3 rings (SSSR count). The molecule has 1 aliphatic rings. The molecule has 6 heteroatoms. The zero-order valence-electron chi connectivity index (χ0n) is 9.88. The number of amides is 1. The highest BCUT2D eigenvalue weighted by molar-refractivity contribution is 5.97. The standard InChI is InChI=1S/C13H10N4O2/c14-5-8-6-15-17-12(8)16-13(18)10-7-19-11-4-2-1-3-9(10)11/h1-4,6,10H,7H2,(H2,15,16,17,18). The summed E-state index contributed by atoms with van der Waals surface area (Å²) < 4.78 is 5.46. The number of rotatable bonds is 2. The molecular formula is C13H10N4O2. The molecule has 2 N–H and O–H groups in total. The highest BCUT2D eigenvalue weighted by Gasteiger charge is 2.30. The second-order valence-electron chi connectivity index (χ2n) is 4.16. The third kappa shape index (κ3) is 1.91. The van der Waals surface area contributed by atoms with Gasteiger partial charge in [-0.1, -0.05) is 18.2 Å². The Morgan fingerprint density at radius 3 is 3.21 bits per heavy atom. The Kier molecular flexibility index (Phi) is 2.65. The van der Waals surface area contributed by atoms with E-state index < -0.39 is 0 Å². The zero-order valence-corrected chi connectivity index (χ0v) is 9.88. The average Bonchev–Trinajstić information content (AvgIpc) is 3.04. The van der Waals surface area contributed by atoms with Crippen LogP contribution in [0.5, 0.6) is 5.75 Å². The summed E-state index contributed by atoms with van der Waals surface area (Å²) >= 11 is 0. The minimum atomic E-state index is -0.369. The Morgan fingerprint density at radius 1 is 1.53 bits per heavy atom. The molecule has 1 amide bonds. The lowest BCUT2D eigenvalue weighted by atomic mass is 10.0. The molecular weight excluding hydrogens is 244 g/mol. The monoisotopic (exact) mass is 254 g/mol. The molecule has 2 aromatic rings. The van der Waals surface area contributed by atoms with Crippen LogP contribution in [0.4, 0.5) is 5.82 Å². The van der Waals surface area contributed by atoms with Crippen molar-refractivity contribution in [2.24, 2.45) is 0 Å². The second-order valence-corrected chi connectivity index (χ2v) is 4.16. The second kappa shape index (κ2) is 4.46. The number of carbonyl (C=O) groups is 1. The molecule has 2 heterocycles. The van der Waals surface area contributed by atoms with Gasteiger partial charge in [0, 0.05) is 5.56 Å². The van der Waals surface area contributed by atoms with E-state index in [1.165, 1.54) is 6.20 Å². The summed E-state index contributed by atoms with van der Waals surface area (Å²) in [5.74, 6) is 0.460. The summed E-state index contributed by atoms with van der Waals surface area (Å²) in [6, 6.07) is 9.38. The topological polar surface area (TPSA) is 90.8 Å². The number of aromatic amines is 1. The first-order chi connectivity index (χ1) is 9.29. The highest BCUT2D eigenvalue weighted by atomic mass is 16.5. The van der Waals surface area contributed by atoms with Crippen molar-refractivity contribution in [2.45, 2.75) is 5.92 Å². The van der Waals surface area contributed by atoms with E-state index in [9.17, 15) is 4.79 Å². The molecule has 0 fully saturated rings. The Morgan fingerprint density at radius 2 is 2.37 bits per heavy atom. The van der Waals surface area contributed by atoms with Crippen molar-refractivity contribution in [3.05, 3.63) is 41.6 Å². The van der Waals surface area contributed by atoms with Crippen molar-refractivity contribution in [1.82, 2.24) is 10.2 Å². The van der Waals surface area contributed by atoms with Crippen LogP contribution in [-0.4, -0.2) is 22.7 Å². The summed E-state index contributed by atoms with van der Waals surface area (Å²) in [5.41, 5.74) is 1.17. The summed E-state index contributed by atoms with van der Waals surface area (Å²) in [6.07, 6.45) is 1.37. The predicted octanol–water partition coefficient (Wildman–Crippen LogP) is 1.40. The maximum Gasteiger partial charge on any atom is 0.236 e. The van der Waals surface area contributed by atoms with Gasteiger partial charge in [0.1, 0.15) is 35.7 Å². The summed E-state index contributed by atoms with van der Waals surface area (Å²) in [7, 11) is 0. The van der Waals surface area contributed by atoms with Gasteiger partial charge in [-0.25, -0.2) is 0 Å². The first-order valence-electron chi connectivity index (χ1n) is 5.75. The van der Waals surface area contributed by atoms with Gasteiger partial charge in [0.25, 0.3) is 0 Å². The number of nitrogens with zero attached hydrogens (tertiary/aromatic N) is 2. The Bertz CT molecular complexity index is 671. The zero-order chi connectivity index (χ0) is 13.2. The fraction of sp³-hybridized carbons (Fsp3) is 0.154. The number of aromatic nitrogens is 2. The molecule has 6 nitrogen and oxygen atoms in total. The number of hydrogen-bond donors (Lipinski definition) is 2. The number of carbonyl (C=O) groups excluding carboxylic acids is 1. The summed E-state index contributed by atoms with van der Waals surface area (Å²) in [4.78, 5) is 12.2. The molecule has 1 unspecified atom stereocenters. The van der Waals surface area contributed by atoms with Crippen LogP contribution in [0.2, 0.25) is 0 Å². The fourth-order valence-corrected chi connectivity index (χ4v) is 2.06. The molecule has 0 saturated carbocycles. The van der Waals surface area contributed by atoms with Gasteiger partial charge in [0.2, 0.25) is 5.91 Å². The quantitative estimate of drug-likeness (QED) is 0.847. The number of fused-ring (bicyclic) bond motifs is 1. The number of nitriles is 1. The molecule has 0 aliphatic carbocycles. The number of anilines is 1. The van der Waals surface area contributed by atoms with Gasteiger partial charge in [-0.3, -0.25) is 9.89 Å². The smallest absolute Gasteiger partial charge is 0.236 e. The fourth-order valence-electron chi connectivity index (χ4n) is 2.06. The molecule has 1 aliphatic heterocycles. The van der Waals surface area contributed by atoms with Crippen LogP contribution in [0.25, 0.3) is 0 Å². The molecule has 0 radical (unpaired) electrons. The van der Waals surface area contributed by atoms with Crippen molar-refractivity contribution in [3.8, 4) is 11.8 Å². The summed E-state index contributed by atoms with van der Waals surface area (Å²) in [6.45, 7) is 0.307. The largest absolute Gasteiger partial charge is 0.492 e. The number of hydrogen-bond acceptors (Lipinski definition) is 4. The van der Waals surface area contributed by atoms with Crippen molar-refractivity contribution in [1.29, 1.82) is 5.26 Å². The van der Waals surface area contributed by atoms with Gasteiger partial charge < -0.3 is 10.1 Å². The number of ether oxygens (including phenoxy) is 1. The minimum absolute atomic E-state index is 0.217. The van der Waals surface area contributed by atoms with E-state index in [1.807, 2.05) is 30.3 Å². The van der Waals surface area contributed by atoms with Crippen molar-refractivity contribution >= 4 is 11.7 Å². The third-order valence-electron chi connectivity index (χ3n) is 3.02. The minimum Gasteiger partial charge on any atom is -0.492 e. The van der Waals surface area contributed by atoms with E-state index in [0.717, 1.165) is 11.3 Å². The molecule has 0 saturated heterocycles. The normalized spacial score (nSPS) is 16.3. The molecule has 0 bridgehead atoms. The van der Waals surface area contributed by atoms with Crippen LogP contribution in [0.3, 0.4) is 0 Å². The van der Waals surface area contributed by atoms with Crippen LogP contribution in [0.1, 0.15) is 17.0 Å². The van der Waals surface area contributed by atoms with Gasteiger partial charge in [0.05, 0.1) is 6.20 Å². The van der Waals surface area contributed by atoms with Gasteiger partial charge in [-0.05, 0) is 6.07 Å². The third-order valence-corrected chi connectivity index (χ3v) is 3.02. The van der Waals surface area contributed by atoms with Crippen molar-refractivity contribution in [2.75, 3.05) is 11.9 Å². The molecule has 19 heavy (non-hydrogen) atoms. The number of para-hydroxylation sites is 1. The SMILES string of the molecule is N#Cc1cn[nH]c1NC(=O)C1COc2ccccc21. The Balaban J connectivity index is 1.82. The van der Waals surface area contributed by atoms with Crippen LogP contribution >= 0.6 is 0 Å². The van der Waals surface area contributed by atoms with Gasteiger partial charge in [-0.15, -0.1) is 0 Å². The van der Waals surface area contributed by atoms with Crippen LogP contribution in [0, 0.1) is 11.3 Å². The first kappa shape index (κ1) is 11.3. The maximum atomic E-state index is 12.2. The molecule has 0 spiro atoms. The van der Waals surface area contributed by atoms with Crippen LogP contribution < -0.4 is 10.1 Å². The van der Waals surface area contributed by atoms with E-state index in [2.05, 4.69) is 15.5 Å². The molecule has 94 valence electrons. The predicted molar refractivity (Wildman–Crippen MR) is 66.6 cm³/mol. The Hall–Kier alpha value is -2.81. The molecule has 1 atom stereocenters. The average molecular weight is 254 g/mol. The van der Waals surface area contributed by atoms with E-state index >= 15 is 0 Å².